The molecule has 4 aliphatic rings. The summed E-state index contributed by atoms with van der Waals surface area (Å²) in [5.41, 5.74) is 0. The molecule has 20 heavy (non-hydrogen) atoms. The Labute approximate surface area is 155 Å². The molecule has 4 fully saturated rings. The van der Waals surface area contributed by atoms with E-state index in [1.165, 1.54) is 23.7 Å². The third-order valence-electron chi connectivity index (χ3n) is 4.99. The van der Waals surface area contributed by atoms with Gasteiger partial charge in [-0.3, -0.25) is 0 Å². The average molecular weight is 530 g/mol. The van der Waals surface area contributed by atoms with E-state index in [4.69, 9.17) is 0 Å². The summed E-state index contributed by atoms with van der Waals surface area (Å²) in [6.45, 7) is 0. The Morgan fingerprint density at radius 1 is 0.550 bits per heavy atom. The van der Waals surface area contributed by atoms with Crippen LogP contribution in [0.2, 0.25) is 0 Å². The van der Waals surface area contributed by atoms with E-state index in [1.54, 1.807) is 38.5 Å². The Morgan fingerprint density at radius 3 is 1.05 bits per heavy atom. The lowest BCUT2D eigenvalue weighted by Gasteiger charge is -2.49. The van der Waals surface area contributed by atoms with Gasteiger partial charge in [-0.1, -0.05) is 0 Å². The smallest absolute Gasteiger partial charge is 0.0471 e. The monoisotopic (exact) mass is 526 g/mol. The van der Waals surface area contributed by atoms with Gasteiger partial charge >= 0.3 is 0 Å². The first-order valence-corrected chi connectivity index (χ1v) is 10.5. The van der Waals surface area contributed by atoms with Crippen LogP contribution in [0.5, 0.6) is 0 Å². The molecule has 0 spiro atoms. The molecule has 4 bridgehead atoms. The largest absolute Gasteiger partial charge is 0.0496 e. The highest BCUT2D eigenvalue weighted by molar-refractivity contribution is 9.15. The van der Waals surface area contributed by atoms with E-state index >= 15 is 0 Å². The highest BCUT2D eigenvalue weighted by Crippen LogP contribution is 2.53. The van der Waals surface area contributed by atoms with Crippen LogP contribution in [0.4, 0.5) is 0 Å². The summed E-state index contributed by atoms with van der Waals surface area (Å²) in [7, 11) is 0. The predicted molar refractivity (Wildman–Crippen MR) is 98.9 cm³/mol. The van der Waals surface area contributed by atoms with E-state index in [2.05, 4.69) is 63.7 Å². The van der Waals surface area contributed by atoms with Crippen molar-refractivity contribution in [1.29, 1.82) is 0 Å². The molecular weight excluding hydrogens is 512 g/mol. The van der Waals surface area contributed by atoms with Crippen molar-refractivity contribution in [3.8, 4) is 0 Å². The summed E-state index contributed by atoms with van der Waals surface area (Å²) in [5.74, 6) is 4.71. The Hall–Kier alpha value is 1.14. The first kappa shape index (κ1) is 16.0. The van der Waals surface area contributed by atoms with Crippen molar-refractivity contribution in [1.82, 2.24) is 0 Å². The number of hydrogen-bond donors (Lipinski definition) is 0. The van der Waals surface area contributed by atoms with Crippen LogP contribution >= 0.6 is 63.7 Å². The molecule has 0 radical (unpaired) electrons. The fourth-order valence-corrected chi connectivity index (χ4v) is 6.37. The van der Waals surface area contributed by atoms with Crippen LogP contribution in [0.15, 0.2) is 30.0 Å². The van der Waals surface area contributed by atoms with Gasteiger partial charge in [-0.2, -0.15) is 0 Å². The molecule has 0 N–H and O–H groups in total. The topological polar surface area (TPSA) is 0 Å². The summed E-state index contributed by atoms with van der Waals surface area (Å²) >= 11 is 13.6. The third kappa shape index (κ3) is 3.55. The van der Waals surface area contributed by atoms with Crippen molar-refractivity contribution in [3.05, 3.63) is 30.0 Å². The SMILES string of the molecule is Brc1ccc(Br)c(Br)c1Br.C1C2CC3CC1CC(C2)C3. The summed E-state index contributed by atoms with van der Waals surface area (Å²) in [6, 6.07) is 3.94. The summed E-state index contributed by atoms with van der Waals surface area (Å²) < 4.78 is 4.15. The second-order valence-corrected chi connectivity index (χ2v) is 9.83. The number of rotatable bonds is 0. The van der Waals surface area contributed by atoms with Crippen LogP contribution in [0, 0.1) is 23.7 Å². The Morgan fingerprint density at radius 2 is 0.800 bits per heavy atom. The first-order valence-electron chi connectivity index (χ1n) is 7.32. The van der Waals surface area contributed by atoms with Crippen molar-refractivity contribution in [2.75, 3.05) is 0 Å². The van der Waals surface area contributed by atoms with Gasteiger partial charge in [0.15, 0.2) is 0 Å². The van der Waals surface area contributed by atoms with Crippen LogP contribution < -0.4 is 0 Å². The summed E-state index contributed by atoms with van der Waals surface area (Å²) in [5, 5.41) is 0. The van der Waals surface area contributed by atoms with Crippen molar-refractivity contribution in [3.63, 3.8) is 0 Å². The maximum Gasteiger partial charge on any atom is 0.0471 e. The fraction of sp³-hybridized carbons (Fsp3) is 0.625. The van der Waals surface area contributed by atoms with Gasteiger partial charge in [-0.15, -0.1) is 0 Å². The quantitative estimate of drug-likeness (QED) is 0.240. The van der Waals surface area contributed by atoms with E-state index < -0.39 is 0 Å². The summed E-state index contributed by atoms with van der Waals surface area (Å²) in [6.07, 6.45) is 9.62. The molecule has 0 aliphatic heterocycles. The van der Waals surface area contributed by atoms with Crippen LogP contribution in [-0.4, -0.2) is 0 Å². The molecule has 4 saturated carbocycles. The Kier molecular flexibility index (Phi) is 5.38. The molecule has 0 aromatic heterocycles. The third-order valence-corrected chi connectivity index (χ3v) is 9.55. The summed E-state index contributed by atoms with van der Waals surface area (Å²) in [4.78, 5) is 0. The Bertz CT molecular complexity index is 414. The van der Waals surface area contributed by atoms with Gasteiger partial charge in [-0.05, 0) is 138 Å². The van der Waals surface area contributed by atoms with Gasteiger partial charge in [-0.25, -0.2) is 0 Å². The van der Waals surface area contributed by atoms with Crippen molar-refractivity contribution in [2.24, 2.45) is 23.7 Å². The maximum absolute atomic E-state index is 3.41. The van der Waals surface area contributed by atoms with Gasteiger partial charge in [0.25, 0.3) is 0 Å². The van der Waals surface area contributed by atoms with Crippen LogP contribution in [-0.2, 0) is 0 Å². The molecule has 0 saturated heterocycles. The minimum atomic E-state index is 1.03. The molecule has 5 rings (SSSR count). The number of benzene rings is 1. The van der Waals surface area contributed by atoms with E-state index in [9.17, 15) is 0 Å². The second-order valence-electron chi connectivity index (χ2n) is 6.54. The van der Waals surface area contributed by atoms with Gasteiger partial charge in [0.1, 0.15) is 0 Å². The maximum atomic E-state index is 3.41. The normalized spacial score (nSPS) is 33.8. The molecule has 0 nitrogen and oxygen atoms in total. The minimum absolute atomic E-state index is 1.03. The molecule has 0 heterocycles. The van der Waals surface area contributed by atoms with Crippen molar-refractivity contribution in [2.45, 2.75) is 38.5 Å². The lowest BCUT2D eigenvalue weighted by molar-refractivity contribution is 0.0198. The molecule has 0 atom stereocenters. The molecule has 1 aromatic rings. The van der Waals surface area contributed by atoms with Gasteiger partial charge in [0, 0.05) is 17.9 Å². The zero-order valence-corrected chi connectivity index (χ0v) is 17.6. The zero-order chi connectivity index (χ0) is 14.3. The molecule has 4 aliphatic carbocycles. The van der Waals surface area contributed by atoms with Crippen LogP contribution in [0.1, 0.15) is 38.5 Å². The van der Waals surface area contributed by atoms with Crippen LogP contribution in [0.3, 0.4) is 0 Å². The molecular formula is C16H18Br4. The highest BCUT2D eigenvalue weighted by atomic mass is 79.9. The molecule has 0 amide bonds. The molecule has 110 valence electrons. The van der Waals surface area contributed by atoms with E-state index in [0.717, 1.165) is 17.9 Å². The number of hydrogen-bond acceptors (Lipinski definition) is 0. The van der Waals surface area contributed by atoms with E-state index in [1.807, 2.05) is 12.1 Å². The molecule has 4 heteroatoms. The standard InChI is InChI=1S/C10H16.C6H2Br4/c1-7-2-9-4-8(1)5-10(3-7)6-9;7-3-1-2-4(8)6(10)5(3)9/h7-10H,1-6H2;1-2H. The van der Waals surface area contributed by atoms with Crippen molar-refractivity contribution < 1.29 is 0 Å². The van der Waals surface area contributed by atoms with Crippen molar-refractivity contribution >= 4 is 63.7 Å². The van der Waals surface area contributed by atoms with Gasteiger partial charge in [0.2, 0.25) is 0 Å². The highest BCUT2D eigenvalue weighted by Gasteiger charge is 2.41. The lowest BCUT2D eigenvalue weighted by atomic mass is 9.56. The van der Waals surface area contributed by atoms with E-state index in [0.29, 0.717) is 0 Å². The molecule has 0 unspecified atom stereocenters. The second kappa shape index (κ2) is 6.72. The van der Waals surface area contributed by atoms with Gasteiger partial charge < -0.3 is 0 Å². The lowest BCUT2D eigenvalue weighted by Crippen LogP contribution is -2.38. The first-order chi connectivity index (χ1) is 9.52. The number of halogens is 4. The zero-order valence-electron chi connectivity index (χ0n) is 11.2. The average Bonchev–Trinajstić information content (AvgIpc) is 2.40. The fourth-order valence-electron chi connectivity index (χ4n) is 4.49. The van der Waals surface area contributed by atoms with Gasteiger partial charge in [0.05, 0.1) is 0 Å². The van der Waals surface area contributed by atoms with E-state index in [-0.39, 0.29) is 0 Å². The molecule has 1 aromatic carbocycles. The van der Waals surface area contributed by atoms with Crippen LogP contribution in [0.25, 0.3) is 0 Å². The Balaban J connectivity index is 0.000000121. The predicted octanol–water partition coefficient (Wildman–Crippen LogP) is 7.57. The minimum Gasteiger partial charge on any atom is -0.0496 e.